The van der Waals surface area contributed by atoms with Crippen LogP contribution in [0.4, 0.5) is 5.95 Å². The Morgan fingerprint density at radius 2 is 2.17 bits per heavy atom. The van der Waals surface area contributed by atoms with Crippen LogP contribution in [0.15, 0.2) is 31.0 Å². The Morgan fingerprint density at radius 3 is 2.91 bits per heavy atom. The highest BCUT2D eigenvalue weighted by molar-refractivity contribution is 5.32. The van der Waals surface area contributed by atoms with Gasteiger partial charge in [0.25, 0.3) is 0 Å². The molecule has 1 saturated heterocycles. The van der Waals surface area contributed by atoms with Gasteiger partial charge in [-0.2, -0.15) is 4.98 Å². The van der Waals surface area contributed by atoms with E-state index in [1.807, 2.05) is 18.7 Å². The summed E-state index contributed by atoms with van der Waals surface area (Å²) >= 11 is 0. The minimum absolute atomic E-state index is 0.583. The van der Waals surface area contributed by atoms with Crippen molar-refractivity contribution in [1.29, 1.82) is 0 Å². The van der Waals surface area contributed by atoms with Crippen LogP contribution in [0.3, 0.4) is 0 Å². The number of aryl methyl sites for hydroxylation is 1. The van der Waals surface area contributed by atoms with Crippen molar-refractivity contribution in [2.45, 2.75) is 31.8 Å². The molecule has 2 aromatic heterocycles. The van der Waals surface area contributed by atoms with Crippen molar-refractivity contribution in [3.05, 3.63) is 31.0 Å². The number of imidazole rings is 1. The van der Waals surface area contributed by atoms with Gasteiger partial charge in [0.2, 0.25) is 11.8 Å². The largest absolute Gasteiger partial charge is 0.481 e. The second-order valence-corrected chi connectivity index (χ2v) is 5.77. The van der Waals surface area contributed by atoms with Crippen molar-refractivity contribution in [3.8, 4) is 5.88 Å². The molecule has 7 nitrogen and oxygen atoms in total. The van der Waals surface area contributed by atoms with Gasteiger partial charge in [0.1, 0.15) is 0 Å². The number of piperidine rings is 1. The summed E-state index contributed by atoms with van der Waals surface area (Å²) in [6, 6.07) is 2.36. The SMILES string of the molecule is COc1ccnc(N2CCC(NCCCn3ccnc3)CC2)n1. The van der Waals surface area contributed by atoms with E-state index in [2.05, 4.69) is 29.7 Å². The molecule has 0 spiro atoms. The van der Waals surface area contributed by atoms with Crippen molar-refractivity contribution in [2.75, 3.05) is 31.6 Å². The van der Waals surface area contributed by atoms with Gasteiger partial charge >= 0.3 is 0 Å². The van der Waals surface area contributed by atoms with Gasteiger partial charge in [-0.3, -0.25) is 0 Å². The zero-order valence-corrected chi connectivity index (χ0v) is 13.6. The molecule has 3 heterocycles. The van der Waals surface area contributed by atoms with Crippen molar-refractivity contribution < 1.29 is 4.74 Å². The van der Waals surface area contributed by atoms with E-state index in [1.165, 1.54) is 0 Å². The van der Waals surface area contributed by atoms with E-state index in [1.54, 1.807) is 19.4 Å². The predicted octanol–water partition coefficient (Wildman–Crippen LogP) is 1.33. The monoisotopic (exact) mass is 316 g/mol. The molecule has 1 fully saturated rings. The van der Waals surface area contributed by atoms with Crippen LogP contribution in [-0.2, 0) is 6.54 Å². The normalized spacial score (nSPS) is 15.8. The quantitative estimate of drug-likeness (QED) is 0.777. The number of hydrogen-bond donors (Lipinski definition) is 1. The van der Waals surface area contributed by atoms with Crippen molar-refractivity contribution in [2.24, 2.45) is 0 Å². The molecule has 0 saturated carbocycles. The highest BCUT2D eigenvalue weighted by Crippen LogP contribution is 2.18. The topological polar surface area (TPSA) is 68.1 Å². The van der Waals surface area contributed by atoms with Crippen LogP contribution >= 0.6 is 0 Å². The molecule has 3 rings (SSSR count). The Morgan fingerprint density at radius 1 is 1.30 bits per heavy atom. The number of methoxy groups -OCH3 is 1. The van der Waals surface area contributed by atoms with Crippen LogP contribution in [0.5, 0.6) is 5.88 Å². The number of nitrogens with one attached hydrogen (secondary N) is 1. The third-order valence-electron chi connectivity index (χ3n) is 4.19. The van der Waals surface area contributed by atoms with Crippen molar-refractivity contribution >= 4 is 5.95 Å². The molecule has 0 aliphatic carbocycles. The lowest BCUT2D eigenvalue weighted by Gasteiger charge is -2.32. The van der Waals surface area contributed by atoms with Crippen LogP contribution in [0, 0.1) is 0 Å². The molecule has 1 aliphatic heterocycles. The van der Waals surface area contributed by atoms with Crippen molar-refractivity contribution in [3.63, 3.8) is 0 Å². The first-order chi connectivity index (χ1) is 11.3. The van der Waals surface area contributed by atoms with Gasteiger partial charge in [-0.05, 0) is 25.8 Å². The summed E-state index contributed by atoms with van der Waals surface area (Å²) in [5.41, 5.74) is 0. The lowest BCUT2D eigenvalue weighted by Crippen LogP contribution is -2.43. The summed E-state index contributed by atoms with van der Waals surface area (Å²) < 4.78 is 7.28. The molecule has 0 radical (unpaired) electrons. The molecule has 7 heteroatoms. The lowest BCUT2D eigenvalue weighted by atomic mass is 10.1. The van der Waals surface area contributed by atoms with Crippen molar-refractivity contribution in [1.82, 2.24) is 24.8 Å². The molecular formula is C16H24N6O. The minimum Gasteiger partial charge on any atom is -0.481 e. The van der Waals surface area contributed by atoms with Gasteiger partial charge in [-0.1, -0.05) is 0 Å². The fraction of sp³-hybridized carbons (Fsp3) is 0.562. The molecule has 0 aromatic carbocycles. The predicted molar refractivity (Wildman–Crippen MR) is 88.7 cm³/mol. The Hall–Kier alpha value is -2.15. The second-order valence-electron chi connectivity index (χ2n) is 5.77. The Bertz CT molecular complexity index is 580. The molecule has 1 N–H and O–H groups in total. The molecule has 0 unspecified atom stereocenters. The molecule has 23 heavy (non-hydrogen) atoms. The zero-order valence-electron chi connectivity index (χ0n) is 13.6. The smallest absolute Gasteiger partial charge is 0.228 e. The van der Waals surface area contributed by atoms with E-state index in [-0.39, 0.29) is 0 Å². The fourth-order valence-corrected chi connectivity index (χ4v) is 2.87. The van der Waals surface area contributed by atoms with E-state index in [0.717, 1.165) is 51.4 Å². The Kier molecular flexibility index (Phi) is 5.42. The maximum atomic E-state index is 5.17. The summed E-state index contributed by atoms with van der Waals surface area (Å²) in [5, 5.41) is 3.65. The Balaban J connectivity index is 1.38. The lowest BCUT2D eigenvalue weighted by molar-refractivity contribution is 0.390. The first-order valence-electron chi connectivity index (χ1n) is 8.16. The van der Waals surface area contributed by atoms with E-state index in [4.69, 9.17) is 4.74 Å². The second kappa shape index (κ2) is 7.92. The van der Waals surface area contributed by atoms with Gasteiger partial charge in [0.05, 0.1) is 13.4 Å². The van der Waals surface area contributed by atoms with E-state index >= 15 is 0 Å². The highest BCUT2D eigenvalue weighted by Gasteiger charge is 2.20. The van der Waals surface area contributed by atoms with Gasteiger partial charge in [-0.15, -0.1) is 0 Å². The van der Waals surface area contributed by atoms with Gasteiger partial charge < -0.3 is 19.5 Å². The standard InChI is InChI=1S/C16H24N6O/c1-23-15-3-7-19-16(20-15)22-10-4-14(5-11-22)18-6-2-9-21-12-8-17-13-21/h3,7-8,12-14,18H,2,4-6,9-11H2,1H3. The zero-order chi connectivity index (χ0) is 15.9. The average molecular weight is 316 g/mol. The van der Waals surface area contributed by atoms with E-state index < -0.39 is 0 Å². The number of aromatic nitrogens is 4. The van der Waals surface area contributed by atoms with Crippen LogP contribution in [0.2, 0.25) is 0 Å². The third kappa shape index (κ3) is 4.41. The van der Waals surface area contributed by atoms with E-state index in [0.29, 0.717) is 11.9 Å². The molecule has 2 aromatic rings. The number of anilines is 1. The van der Waals surface area contributed by atoms with Crippen LogP contribution < -0.4 is 15.0 Å². The van der Waals surface area contributed by atoms with Crippen LogP contribution in [0.1, 0.15) is 19.3 Å². The maximum Gasteiger partial charge on any atom is 0.228 e. The summed E-state index contributed by atoms with van der Waals surface area (Å²) in [7, 11) is 1.63. The fourth-order valence-electron chi connectivity index (χ4n) is 2.87. The number of hydrogen-bond acceptors (Lipinski definition) is 6. The molecule has 0 atom stereocenters. The first-order valence-corrected chi connectivity index (χ1v) is 8.16. The van der Waals surface area contributed by atoms with Gasteiger partial charge in [0.15, 0.2) is 0 Å². The van der Waals surface area contributed by atoms with E-state index in [9.17, 15) is 0 Å². The Labute approximate surface area is 136 Å². The number of ether oxygens (including phenoxy) is 1. The molecule has 1 aliphatic rings. The maximum absolute atomic E-state index is 5.17. The average Bonchev–Trinajstić information content (AvgIpc) is 3.13. The molecule has 124 valence electrons. The number of nitrogens with zero attached hydrogens (tertiary/aromatic N) is 5. The van der Waals surface area contributed by atoms with Crippen LogP contribution in [-0.4, -0.2) is 52.3 Å². The summed E-state index contributed by atoms with van der Waals surface area (Å²) in [6.45, 7) is 4.01. The number of rotatable bonds is 7. The third-order valence-corrected chi connectivity index (χ3v) is 4.19. The highest BCUT2D eigenvalue weighted by atomic mass is 16.5. The summed E-state index contributed by atoms with van der Waals surface area (Å²) in [5.74, 6) is 1.39. The van der Waals surface area contributed by atoms with Crippen LogP contribution in [0.25, 0.3) is 0 Å². The molecular weight excluding hydrogens is 292 g/mol. The minimum atomic E-state index is 0.583. The summed E-state index contributed by atoms with van der Waals surface area (Å²) in [4.78, 5) is 15.0. The molecule has 0 bridgehead atoms. The first kappa shape index (κ1) is 15.7. The van der Waals surface area contributed by atoms with Gasteiger partial charge in [0, 0.05) is 50.3 Å². The molecule has 0 amide bonds. The summed E-state index contributed by atoms with van der Waals surface area (Å²) in [6.07, 6.45) is 10.8. The van der Waals surface area contributed by atoms with Gasteiger partial charge in [-0.25, -0.2) is 9.97 Å².